The number of ether oxygens (including phenoxy) is 1. The van der Waals surface area contributed by atoms with Crippen LogP contribution in [0.1, 0.15) is 24.8 Å². The first-order valence-electron chi connectivity index (χ1n) is 7.67. The first kappa shape index (κ1) is 14.8. The van der Waals surface area contributed by atoms with Crippen LogP contribution in [-0.4, -0.2) is 41.7 Å². The third kappa shape index (κ3) is 3.06. The van der Waals surface area contributed by atoms with Crippen LogP contribution in [0.15, 0.2) is 22.6 Å². The number of nitrogens with one attached hydrogen (secondary N) is 1. The second-order valence-electron chi connectivity index (χ2n) is 5.54. The molecule has 0 radical (unpaired) electrons. The van der Waals surface area contributed by atoms with E-state index in [0.717, 1.165) is 29.6 Å². The summed E-state index contributed by atoms with van der Waals surface area (Å²) in [6.45, 7) is 6.21. The van der Waals surface area contributed by atoms with E-state index in [1.54, 1.807) is 4.90 Å². The van der Waals surface area contributed by atoms with Gasteiger partial charge >= 0.3 is 6.09 Å². The number of para-hydroxylation sites is 1. The average molecular weight is 303 g/mol. The molecule has 1 fully saturated rings. The van der Waals surface area contributed by atoms with Gasteiger partial charge in [0.05, 0.1) is 13.2 Å². The third-order valence-corrected chi connectivity index (χ3v) is 3.92. The number of amides is 1. The van der Waals surface area contributed by atoms with E-state index in [-0.39, 0.29) is 12.1 Å². The van der Waals surface area contributed by atoms with Crippen molar-refractivity contribution in [2.24, 2.45) is 0 Å². The van der Waals surface area contributed by atoms with Crippen LogP contribution in [0.3, 0.4) is 0 Å². The number of nitrogens with zero attached hydrogens (tertiary/aromatic N) is 2. The zero-order chi connectivity index (χ0) is 15.5. The smallest absolute Gasteiger partial charge is 0.409 e. The van der Waals surface area contributed by atoms with Gasteiger partial charge < -0.3 is 19.4 Å². The predicted octanol–water partition coefficient (Wildman–Crippen LogP) is 2.46. The Hall–Kier alpha value is -2.08. The van der Waals surface area contributed by atoms with Crippen molar-refractivity contribution < 1.29 is 13.9 Å². The topological polar surface area (TPSA) is 67.6 Å². The normalized spacial score (nSPS) is 18.1. The molecule has 2 heterocycles. The number of hydrogen-bond acceptors (Lipinski definition) is 5. The molecule has 1 atom stereocenters. The number of fused-ring (bicyclic) bond motifs is 1. The Bertz CT molecular complexity index is 668. The molecule has 1 amide bonds. The van der Waals surface area contributed by atoms with Crippen LogP contribution in [0.4, 0.5) is 4.79 Å². The Morgan fingerprint density at radius 1 is 1.55 bits per heavy atom. The maximum atomic E-state index is 11.7. The van der Waals surface area contributed by atoms with Gasteiger partial charge in [-0.05, 0) is 31.9 Å². The Balaban J connectivity index is 1.56. The van der Waals surface area contributed by atoms with Gasteiger partial charge in [-0.15, -0.1) is 0 Å². The molecule has 1 aliphatic heterocycles. The summed E-state index contributed by atoms with van der Waals surface area (Å²) in [5.74, 6) is 0.680. The van der Waals surface area contributed by atoms with Gasteiger partial charge in [0.15, 0.2) is 5.58 Å². The number of oxazole rings is 1. The standard InChI is InChI=1S/C16H21N3O3/c1-3-21-16(20)19-8-7-12(10-19)17-9-14-18-15-11(2)5-4-6-13(15)22-14/h4-6,12,17H,3,7-10H2,1-2H3/t12-/m1/s1. The third-order valence-electron chi connectivity index (χ3n) is 3.92. The molecule has 0 bridgehead atoms. The van der Waals surface area contributed by atoms with E-state index >= 15 is 0 Å². The molecule has 1 saturated heterocycles. The highest BCUT2D eigenvalue weighted by atomic mass is 16.6. The molecule has 118 valence electrons. The molecule has 6 heteroatoms. The van der Waals surface area contributed by atoms with Crippen molar-refractivity contribution in [1.82, 2.24) is 15.2 Å². The fraction of sp³-hybridized carbons (Fsp3) is 0.500. The number of carbonyl (C=O) groups is 1. The number of aryl methyl sites for hydroxylation is 1. The number of carbonyl (C=O) groups excluding carboxylic acids is 1. The van der Waals surface area contributed by atoms with Gasteiger partial charge in [-0.25, -0.2) is 9.78 Å². The fourth-order valence-electron chi connectivity index (χ4n) is 2.75. The fourth-order valence-corrected chi connectivity index (χ4v) is 2.75. The molecule has 0 spiro atoms. The van der Waals surface area contributed by atoms with Crippen molar-refractivity contribution in [2.45, 2.75) is 32.9 Å². The zero-order valence-corrected chi connectivity index (χ0v) is 13.0. The van der Waals surface area contributed by atoms with Gasteiger partial charge in [0.25, 0.3) is 0 Å². The van der Waals surface area contributed by atoms with Crippen molar-refractivity contribution in [2.75, 3.05) is 19.7 Å². The largest absolute Gasteiger partial charge is 0.450 e. The van der Waals surface area contributed by atoms with Crippen molar-refractivity contribution in [3.8, 4) is 0 Å². The number of rotatable bonds is 4. The van der Waals surface area contributed by atoms with Crippen molar-refractivity contribution in [1.29, 1.82) is 0 Å². The van der Waals surface area contributed by atoms with Crippen LogP contribution in [0.2, 0.25) is 0 Å². The molecule has 1 aromatic heterocycles. The van der Waals surface area contributed by atoms with Crippen LogP contribution in [-0.2, 0) is 11.3 Å². The second-order valence-corrected chi connectivity index (χ2v) is 5.54. The molecule has 0 saturated carbocycles. The lowest BCUT2D eigenvalue weighted by atomic mass is 10.2. The summed E-state index contributed by atoms with van der Waals surface area (Å²) in [4.78, 5) is 17.9. The van der Waals surface area contributed by atoms with E-state index in [1.165, 1.54) is 0 Å². The molecule has 1 N–H and O–H groups in total. The molecule has 1 aliphatic rings. The van der Waals surface area contributed by atoms with Gasteiger partial charge in [0, 0.05) is 19.1 Å². The van der Waals surface area contributed by atoms with E-state index in [0.29, 0.717) is 25.6 Å². The lowest BCUT2D eigenvalue weighted by Crippen LogP contribution is -2.35. The van der Waals surface area contributed by atoms with Crippen molar-refractivity contribution in [3.63, 3.8) is 0 Å². The maximum Gasteiger partial charge on any atom is 0.409 e. The predicted molar refractivity (Wildman–Crippen MR) is 82.6 cm³/mol. The number of benzene rings is 1. The van der Waals surface area contributed by atoms with Crippen LogP contribution >= 0.6 is 0 Å². The minimum absolute atomic E-state index is 0.232. The quantitative estimate of drug-likeness (QED) is 0.939. The lowest BCUT2D eigenvalue weighted by Gasteiger charge is -2.15. The Morgan fingerprint density at radius 3 is 3.18 bits per heavy atom. The molecular weight excluding hydrogens is 282 g/mol. The van der Waals surface area contributed by atoms with Gasteiger partial charge in [-0.2, -0.15) is 0 Å². The average Bonchev–Trinajstić information content (AvgIpc) is 3.12. The highest BCUT2D eigenvalue weighted by molar-refractivity contribution is 5.76. The first-order valence-corrected chi connectivity index (χ1v) is 7.67. The van der Waals surface area contributed by atoms with E-state index in [4.69, 9.17) is 9.15 Å². The molecule has 6 nitrogen and oxygen atoms in total. The van der Waals surface area contributed by atoms with Crippen LogP contribution in [0.25, 0.3) is 11.1 Å². The van der Waals surface area contributed by atoms with Gasteiger partial charge in [-0.1, -0.05) is 12.1 Å². The molecule has 2 aromatic rings. The molecular formula is C16H21N3O3. The minimum Gasteiger partial charge on any atom is -0.450 e. The summed E-state index contributed by atoms with van der Waals surface area (Å²) in [5, 5.41) is 3.40. The maximum absolute atomic E-state index is 11.7. The Morgan fingerprint density at radius 2 is 2.41 bits per heavy atom. The minimum atomic E-state index is -0.232. The zero-order valence-electron chi connectivity index (χ0n) is 13.0. The second kappa shape index (κ2) is 6.36. The monoisotopic (exact) mass is 303 g/mol. The molecule has 0 unspecified atom stereocenters. The molecule has 22 heavy (non-hydrogen) atoms. The van der Waals surface area contributed by atoms with Crippen molar-refractivity contribution >= 4 is 17.2 Å². The van der Waals surface area contributed by atoms with Crippen LogP contribution in [0.5, 0.6) is 0 Å². The first-order chi connectivity index (χ1) is 10.7. The summed E-state index contributed by atoms with van der Waals surface area (Å²) in [5.41, 5.74) is 2.84. The SMILES string of the molecule is CCOC(=O)N1CC[C@@H](NCc2nc3c(C)cccc3o2)C1. The Labute approximate surface area is 129 Å². The van der Waals surface area contributed by atoms with Gasteiger partial charge in [-0.3, -0.25) is 0 Å². The highest BCUT2D eigenvalue weighted by Gasteiger charge is 2.26. The summed E-state index contributed by atoms with van der Waals surface area (Å²) in [6.07, 6.45) is 0.683. The summed E-state index contributed by atoms with van der Waals surface area (Å²) >= 11 is 0. The number of aromatic nitrogens is 1. The lowest BCUT2D eigenvalue weighted by molar-refractivity contribution is 0.115. The van der Waals surface area contributed by atoms with E-state index in [1.807, 2.05) is 32.0 Å². The van der Waals surface area contributed by atoms with E-state index < -0.39 is 0 Å². The van der Waals surface area contributed by atoms with E-state index in [9.17, 15) is 4.79 Å². The number of hydrogen-bond donors (Lipinski definition) is 1. The molecule has 3 rings (SSSR count). The summed E-state index contributed by atoms with van der Waals surface area (Å²) < 4.78 is 10.8. The molecule has 0 aliphatic carbocycles. The number of likely N-dealkylation sites (tertiary alicyclic amines) is 1. The van der Waals surface area contributed by atoms with Crippen molar-refractivity contribution in [3.05, 3.63) is 29.7 Å². The highest BCUT2D eigenvalue weighted by Crippen LogP contribution is 2.19. The van der Waals surface area contributed by atoms with Gasteiger partial charge in [0.2, 0.25) is 5.89 Å². The van der Waals surface area contributed by atoms with Gasteiger partial charge in [0.1, 0.15) is 5.52 Å². The van der Waals surface area contributed by atoms with E-state index in [2.05, 4.69) is 10.3 Å². The van der Waals surface area contributed by atoms with Crippen LogP contribution in [0, 0.1) is 6.92 Å². The summed E-state index contributed by atoms with van der Waals surface area (Å²) in [6, 6.07) is 6.17. The molecule has 1 aromatic carbocycles. The Kier molecular flexibility index (Phi) is 4.29. The van der Waals surface area contributed by atoms with Crippen LogP contribution < -0.4 is 5.32 Å². The summed E-state index contributed by atoms with van der Waals surface area (Å²) in [7, 11) is 0.